The van der Waals surface area contributed by atoms with E-state index in [1.54, 1.807) is 0 Å². The molecule has 0 radical (unpaired) electrons. The molecule has 1 fully saturated rings. The fraction of sp³-hybridized carbons (Fsp3) is 0.381. The summed E-state index contributed by atoms with van der Waals surface area (Å²) in [6.07, 6.45) is 2.13. The molecule has 1 aromatic heterocycles. The van der Waals surface area contributed by atoms with Gasteiger partial charge in [0.25, 0.3) is 0 Å². The Bertz CT molecular complexity index is 909. The number of aromatic nitrogens is 2. The number of fused-ring (bicyclic) bond motifs is 1. The SMILES string of the molecule is OC[C@]1(Cc2ccc(F)cc2F)CCCN(Cc2nc3ccccc3[nH]2)C1. The number of nitrogens with zero attached hydrogens (tertiary/aromatic N) is 2. The number of imidazole rings is 1. The van der Waals surface area contributed by atoms with Crippen LogP contribution in [0.15, 0.2) is 42.5 Å². The lowest BCUT2D eigenvalue weighted by molar-refractivity contribution is 0.0273. The standard InChI is InChI=1S/C21H23F2N3O/c22-16-7-6-15(17(23)10-16)11-21(14-27)8-3-9-26(13-21)12-20-24-18-4-1-2-5-19(18)25-20/h1-2,4-7,10,27H,3,8-9,11-14H2,(H,24,25)/t21-/m0/s1. The van der Waals surface area contributed by atoms with E-state index < -0.39 is 17.0 Å². The lowest BCUT2D eigenvalue weighted by Gasteiger charge is -2.41. The normalized spacial score (nSPS) is 21.0. The summed E-state index contributed by atoms with van der Waals surface area (Å²) in [4.78, 5) is 10.2. The van der Waals surface area contributed by atoms with Gasteiger partial charge < -0.3 is 10.1 Å². The van der Waals surface area contributed by atoms with Gasteiger partial charge in [-0.1, -0.05) is 18.2 Å². The third kappa shape index (κ3) is 3.87. The number of hydrogen-bond acceptors (Lipinski definition) is 3. The van der Waals surface area contributed by atoms with Gasteiger partial charge >= 0.3 is 0 Å². The molecule has 0 unspecified atom stereocenters. The van der Waals surface area contributed by atoms with Crippen LogP contribution in [0.1, 0.15) is 24.2 Å². The molecule has 1 aliphatic heterocycles. The monoisotopic (exact) mass is 371 g/mol. The summed E-state index contributed by atoms with van der Waals surface area (Å²) in [7, 11) is 0. The molecule has 2 N–H and O–H groups in total. The number of benzene rings is 2. The van der Waals surface area contributed by atoms with Crippen molar-refractivity contribution < 1.29 is 13.9 Å². The molecule has 0 aliphatic carbocycles. The van der Waals surface area contributed by atoms with Crippen molar-refractivity contribution in [3.8, 4) is 0 Å². The van der Waals surface area contributed by atoms with Gasteiger partial charge in [-0.05, 0) is 49.6 Å². The average Bonchev–Trinajstić information content (AvgIpc) is 3.06. The fourth-order valence-corrected chi connectivity index (χ4v) is 4.14. The molecule has 0 saturated carbocycles. The molecule has 2 heterocycles. The van der Waals surface area contributed by atoms with Crippen LogP contribution in [0, 0.1) is 17.0 Å². The van der Waals surface area contributed by atoms with Gasteiger partial charge in [-0.15, -0.1) is 0 Å². The molecule has 142 valence electrons. The van der Waals surface area contributed by atoms with Gasteiger partial charge in [0.1, 0.15) is 17.5 Å². The summed E-state index contributed by atoms with van der Waals surface area (Å²) in [5.41, 5.74) is 1.97. The number of likely N-dealkylation sites (tertiary alicyclic amines) is 1. The number of halogens is 2. The van der Waals surface area contributed by atoms with E-state index in [1.807, 2.05) is 24.3 Å². The molecule has 0 spiro atoms. The van der Waals surface area contributed by atoms with Crippen molar-refractivity contribution in [1.82, 2.24) is 14.9 Å². The zero-order chi connectivity index (χ0) is 18.9. The van der Waals surface area contributed by atoms with E-state index >= 15 is 0 Å². The van der Waals surface area contributed by atoms with E-state index in [-0.39, 0.29) is 6.61 Å². The van der Waals surface area contributed by atoms with E-state index in [1.165, 1.54) is 12.1 Å². The summed E-state index contributed by atoms with van der Waals surface area (Å²) < 4.78 is 27.3. The third-order valence-electron chi connectivity index (χ3n) is 5.47. The maximum absolute atomic E-state index is 14.1. The Kier molecular flexibility index (Phi) is 4.93. The van der Waals surface area contributed by atoms with Crippen LogP contribution < -0.4 is 0 Å². The zero-order valence-electron chi connectivity index (χ0n) is 15.1. The van der Waals surface area contributed by atoms with Gasteiger partial charge in [-0.25, -0.2) is 13.8 Å². The van der Waals surface area contributed by atoms with Crippen LogP contribution in [0.2, 0.25) is 0 Å². The summed E-state index contributed by atoms with van der Waals surface area (Å²) in [6, 6.07) is 11.6. The van der Waals surface area contributed by atoms with Crippen molar-refractivity contribution in [1.29, 1.82) is 0 Å². The number of para-hydroxylation sites is 2. The number of H-pyrrole nitrogens is 1. The molecule has 4 rings (SSSR count). The Morgan fingerprint density at radius 2 is 2.04 bits per heavy atom. The van der Waals surface area contributed by atoms with Crippen molar-refractivity contribution in [2.75, 3.05) is 19.7 Å². The minimum absolute atomic E-state index is 0.0273. The molecule has 0 amide bonds. The predicted octanol–water partition coefficient (Wildman–Crippen LogP) is 3.66. The van der Waals surface area contributed by atoms with E-state index in [9.17, 15) is 13.9 Å². The summed E-state index contributed by atoms with van der Waals surface area (Å²) in [5.74, 6) is -0.236. The molecule has 1 saturated heterocycles. The molecule has 0 bridgehead atoms. The molecule has 1 atom stereocenters. The second-order valence-electron chi connectivity index (χ2n) is 7.59. The third-order valence-corrected chi connectivity index (χ3v) is 5.47. The lowest BCUT2D eigenvalue weighted by Crippen LogP contribution is -2.46. The molecule has 27 heavy (non-hydrogen) atoms. The number of nitrogens with one attached hydrogen (secondary N) is 1. The van der Waals surface area contributed by atoms with Crippen LogP contribution in [0.3, 0.4) is 0 Å². The summed E-state index contributed by atoms with van der Waals surface area (Å²) in [6.45, 7) is 2.19. The smallest absolute Gasteiger partial charge is 0.129 e. The fourth-order valence-electron chi connectivity index (χ4n) is 4.14. The van der Waals surface area contributed by atoms with E-state index in [2.05, 4.69) is 14.9 Å². The highest BCUT2D eigenvalue weighted by molar-refractivity contribution is 5.74. The summed E-state index contributed by atoms with van der Waals surface area (Å²) in [5, 5.41) is 10.1. The van der Waals surface area contributed by atoms with Gasteiger partial charge in [-0.3, -0.25) is 4.90 Å². The molecule has 4 nitrogen and oxygen atoms in total. The Labute approximate surface area is 156 Å². The lowest BCUT2D eigenvalue weighted by atomic mass is 9.75. The molecule has 2 aromatic carbocycles. The number of aliphatic hydroxyl groups is 1. The van der Waals surface area contributed by atoms with Crippen LogP contribution in [0.4, 0.5) is 8.78 Å². The maximum atomic E-state index is 14.1. The summed E-state index contributed by atoms with van der Waals surface area (Å²) >= 11 is 0. The number of aromatic amines is 1. The highest BCUT2D eigenvalue weighted by Gasteiger charge is 2.36. The number of hydrogen-bond donors (Lipinski definition) is 2. The van der Waals surface area contributed by atoms with Crippen LogP contribution in [-0.4, -0.2) is 39.7 Å². The largest absolute Gasteiger partial charge is 0.396 e. The first kappa shape index (κ1) is 18.1. The van der Waals surface area contributed by atoms with Crippen molar-refractivity contribution in [2.45, 2.75) is 25.8 Å². The zero-order valence-corrected chi connectivity index (χ0v) is 15.1. The molecule has 3 aromatic rings. The number of piperidine rings is 1. The Hall–Kier alpha value is -2.31. The molecular formula is C21H23F2N3O. The van der Waals surface area contributed by atoms with Gasteiger partial charge in [-0.2, -0.15) is 0 Å². The Balaban J connectivity index is 1.50. The van der Waals surface area contributed by atoms with Crippen LogP contribution in [-0.2, 0) is 13.0 Å². The highest BCUT2D eigenvalue weighted by Crippen LogP contribution is 2.34. The van der Waals surface area contributed by atoms with Crippen LogP contribution in [0.25, 0.3) is 11.0 Å². The van der Waals surface area contributed by atoms with Gasteiger partial charge in [0.05, 0.1) is 24.2 Å². The van der Waals surface area contributed by atoms with E-state index in [0.717, 1.165) is 42.3 Å². The van der Waals surface area contributed by atoms with Crippen molar-refractivity contribution in [3.05, 3.63) is 65.5 Å². The van der Waals surface area contributed by atoms with E-state index in [4.69, 9.17) is 0 Å². The Morgan fingerprint density at radius 3 is 2.81 bits per heavy atom. The van der Waals surface area contributed by atoms with Gasteiger partial charge in [0.2, 0.25) is 0 Å². The van der Waals surface area contributed by atoms with Crippen LogP contribution in [0.5, 0.6) is 0 Å². The van der Waals surface area contributed by atoms with Crippen molar-refractivity contribution in [3.63, 3.8) is 0 Å². The molecule has 1 aliphatic rings. The minimum Gasteiger partial charge on any atom is -0.396 e. The van der Waals surface area contributed by atoms with Gasteiger partial charge in [0, 0.05) is 18.0 Å². The first-order chi connectivity index (χ1) is 13.1. The van der Waals surface area contributed by atoms with E-state index in [0.29, 0.717) is 25.1 Å². The quantitative estimate of drug-likeness (QED) is 0.720. The highest BCUT2D eigenvalue weighted by atomic mass is 19.1. The first-order valence-electron chi connectivity index (χ1n) is 9.28. The minimum atomic E-state index is -0.579. The van der Waals surface area contributed by atoms with Gasteiger partial charge in [0.15, 0.2) is 0 Å². The first-order valence-corrected chi connectivity index (χ1v) is 9.28. The number of rotatable bonds is 5. The predicted molar refractivity (Wildman–Crippen MR) is 100 cm³/mol. The molecule has 6 heteroatoms. The maximum Gasteiger partial charge on any atom is 0.129 e. The second kappa shape index (κ2) is 7.37. The van der Waals surface area contributed by atoms with Crippen molar-refractivity contribution >= 4 is 11.0 Å². The molecular weight excluding hydrogens is 348 g/mol. The topological polar surface area (TPSA) is 52.1 Å². The van der Waals surface area contributed by atoms with Crippen LogP contribution >= 0.6 is 0 Å². The average molecular weight is 371 g/mol. The second-order valence-corrected chi connectivity index (χ2v) is 7.59. The Morgan fingerprint density at radius 1 is 1.19 bits per heavy atom. The van der Waals surface area contributed by atoms with Crippen molar-refractivity contribution in [2.24, 2.45) is 5.41 Å². The number of aliphatic hydroxyl groups excluding tert-OH is 1.